The lowest BCUT2D eigenvalue weighted by molar-refractivity contribution is -0.127. The highest BCUT2D eigenvalue weighted by molar-refractivity contribution is 7.98. The van der Waals surface area contributed by atoms with Crippen LogP contribution in [0.15, 0.2) is 53.6 Å². The Morgan fingerprint density at radius 2 is 1.91 bits per heavy atom. The minimum atomic E-state index is -0.564. The molecule has 0 unspecified atom stereocenters. The van der Waals surface area contributed by atoms with Crippen molar-refractivity contribution in [1.29, 1.82) is 0 Å². The van der Waals surface area contributed by atoms with E-state index in [0.717, 1.165) is 10.6 Å². The van der Waals surface area contributed by atoms with Crippen molar-refractivity contribution in [3.05, 3.63) is 54.4 Å². The van der Waals surface area contributed by atoms with Crippen LogP contribution in [0.4, 0.5) is 0 Å². The van der Waals surface area contributed by atoms with Crippen molar-refractivity contribution in [3.63, 3.8) is 0 Å². The molecule has 0 fully saturated rings. The number of pyridine rings is 1. The van der Waals surface area contributed by atoms with Gasteiger partial charge in [-0.15, -0.1) is 11.8 Å². The number of nitrogens with zero attached hydrogens (tertiary/aromatic N) is 1. The van der Waals surface area contributed by atoms with Crippen LogP contribution < -0.4 is 10.1 Å². The summed E-state index contributed by atoms with van der Waals surface area (Å²) in [6.45, 7) is 3.64. The summed E-state index contributed by atoms with van der Waals surface area (Å²) in [6.07, 6.45) is 3.17. The van der Waals surface area contributed by atoms with E-state index >= 15 is 0 Å². The van der Waals surface area contributed by atoms with Crippen molar-refractivity contribution in [2.45, 2.75) is 30.9 Å². The Bertz CT molecular complexity index is 602. The van der Waals surface area contributed by atoms with E-state index < -0.39 is 6.10 Å². The van der Waals surface area contributed by atoms with Crippen molar-refractivity contribution in [1.82, 2.24) is 10.3 Å². The molecule has 5 heteroatoms. The Morgan fingerprint density at radius 3 is 2.50 bits per heavy atom. The minimum absolute atomic E-state index is 0.154. The maximum absolute atomic E-state index is 12.2. The summed E-state index contributed by atoms with van der Waals surface area (Å²) < 4.78 is 5.67. The number of rotatable bonds is 6. The van der Waals surface area contributed by atoms with Crippen LogP contribution in [-0.4, -0.2) is 23.3 Å². The van der Waals surface area contributed by atoms with Gasteiger partial charge in [-0.3, -0.25) is 9.78 Å². The van der Waals surface area contributed by atoms with E-state index in [1.807, 2.05) is 55.6 Å². The summed E-state index contributed by atoms with van der Waals surface area (Å²) in [4.78, 5) is 17.6. The average molecular weight is 316 g/mol. The molecule has 0 aliphatic carbocycles. The molecular weight excluding hydrogens is 296 g/mol. The maximum atomic E-state index is 12.2. The van der Waals surface area contributed by atoms with Gasteiger partial charge in [-0.2, -0.15) is 0 Å². The number of hydrogen-bond donors (Lipinski definition) is 1. The highest BCUT2D eigenvalue weighted by Crippen LogP contribution is 2.20. The van der Waals surface area contributed by atoms with E-state index in [1.54, 1.807) is 24.9 Å². The van der Waals surface area contributed by atoms with Gasteiger partial charge in [-0.25, -0.2) is 0 Å². The first-order valence-electron chi connectivity index (χ1n) is 7.12. The highest BCUT2D eigenvalue weighted by atomic mass is 32.2. The normalized spacial score (nSPS) is 13.2. The number of aromatic nitrogens is 1. The number of carbonyl (C=O) groups is 1. The fraction of sp³-hybridized carbons (Fsp3) is 0.294. The van der Waals surface area contributed by atoms with Gasteiger partial charge in [0.2, 0.25) is 0 Å². The Morgan fingerprint density at radius 1 is 1.18 bits per heavy atom. The van der Waals surface area contributed by atoms with Crippen molar-refractivity contribution in [2.24, 2.45) is 0 Å². The smallest absolute Gasteiger partial charge is 0.261 e. The van der Waals surface area contributed by atoms with Gasteiger partial charge >= 0.3 is 0 Å². The van der Waals surface area contributed by atoms with Gasteiger partial charge in [0.05, 0.1) is 11.7 Å². The van der Waals surface area contributed by atoms with E-state index in [4.69, 9.17) is 4.74 Å². The topological polar surface area (TPSA) is 51.2 Å². The molecule has 0 saturated heterocycles. The zero-order chi connectivity index (χ0) is 15.9. The first-order chi connectivity index (χ1) is 10.6. The Labute approximate surface area is 135 Å². The van der Waals surface area contributed by atoms with Crippen LogP contribution in [0.3, 0.4) is 0 Å². The summed E-state index contributed by atoms with van der Waals surface area (Å²) >= 11 is 1.67. The summed E-state index contributed by atoms with van der Waals surface area (Å²) in [5.74, 6) is 0.526. The molecule has 2 rings (SSSR count). The predicted octanol–water partition coefficient (Wildman–Crippen LogP) is 3.45. The Hall–Kier alpha value is -2.01. The largest absolute Gasteiger partial charge is 0.481 e. The van der Waals surface area contributed by atoms with E-state index in [2.05, 4.69) is 10.3 Å². The fourth-order valence-electron chi connectivity index (χ4n) is 1.95. The van der Waals surface area contributed by atoms with Crippen LogP contribution in [0.5, 0.6) is 5.75 Å². The van der Waals surface area contributed by atoms with E-state index in [9.17, 15) is 4.79 Å². The van der Waals surface area contributed by atoms with Crippen LogP contribution in [0.2, 0.25) is 0 Å². The number of nitrogens with one attached hydrogen (secondary N) is 1. The molecule has 0 bridgehead atoms. The summed E-state index contributed by atoms with van der Waals surface area (Å²) in [7, 11) is 0. The molecule has 116 valence electrons. The molecule has 1 aromatic heterocycles. The fourth-order valence-corrected chi connectivity index (χ4v) is 2.36. The number of benzene rings is 1. The molecule has 0 aliphatic rings. The standard InChI is InChI=1S/C17H20N2O2S/c1-12(16-6-4-5-11-18-16)19-17(20)13(2)21-14-7-9-15(22-3)10-8-14/h4-13H,1-3H3,(H,19,20)/t12-,13-/m0/s1. The molecule has 1 N–H and O–H groups in total. The quantitative estimate of drug-likeness (QED) is 0.829. The summed E-state index contributed by atoms with van der Waals surface area (Å²) in [5, 5.41) is 2.91. The lowest BCUT2D eigenvalue weighted by atomic mass is 10.2. The predicted molar refractivity (Wildman–Crippen MR) is 89.1 cm³/mol. The molecule has 0 saturated carbocycles. The molecule has 22 heavy (non-hydrogen) atoms. The third-order valence-corrected chi connectivity index (χ3v) is 3.98. The van der Waals surface area contributed by atoms with Gasteiger partial charge in [0.25, 0.3) is 5.91 Å². The number of hydrogen-bond acceptors (Lipinski definition) is 4. The van der Waals surface area contributed by atoms with Gasteiger partial charge in [0.15, 0.2) is 6.10 Å². The molecule has 0 spiro atoms. The Kier molecular flexibility index (Phi) is 5.83. The van der Waals surface area contributed by atoms with E-state index in [1.165, 1.54) is 0 Å². The van der Waals surface area contributed by atoms with Crippen molar-refractivity contribution >= 4 is 17.7 Å². The van der Waals surface area contributed by atoms with Gasteiger partial charge in [-0.05, 0) is 56.5 Å². The van der Waals surface area contributed by atoms with E-state index in [-0.39, 0.29) is 11.9 Å². The second kappa shape index (κ2) is 7.84. The van der Waals surface area contributed by atoms with Crippen molar-refractivity contribution < 1.29 is 9.53 Å². The van der Waals surface area contributed by atoms with Gasteiger partial charge in [0, 0.05) is 11.1 Å². The molecule has 2 atom stereocenters. The third-order valence-electron chi connectivity index (χ3n) is 3.23. The van der Waals surface area contributed by atoms with Crippen molar-refractivity contribution in [3.8, 4) is 5.75 Å². The monoisotopic (exact) mass is 316 g/mol. The molecule has 2 aromatic rings. The minimum Gasteiger partial charge on any atom is -0.481 e. The maximum Gasteiger partial charge on any atom is 0.261 e. The molecule has 1 amide bonds. The van der Waals surface area contributed by atoms with Gasteiger partial charge < -0.3 is 10.1 Å². The van der Waals surface area contributed by atoms with Crippen molar-refractivity contribution in [2.75, 3.05) is 6.26 Å². The van der Waals surface area contributed by atoms with Crippen LogP contribution in [-0.2, 0) is 4.79 Å². The van der Waals surface area contributed by atoms with Crippen LogP contribution in [0.25, 0.3) is 0 Å². The first kappa shape index (κ1) is 16.4. The molecular formula is C17H20N2O2S. The molecule has 0 aliphatic heterocycles. The highest BCUT2D eigenvalue weighted by Gasteiger charge is 2.18. The van der Waals surface area contributed by atoms with Crippen LogP contribution in [0, 0.1) is 0 Å². The lowest BCUT2D eigenvalue weighted by Gasteiger charge is -2.18. The second-order valence-electron chi connectivity index (χ2n) is 4.92. The SMILES string of the molecule is CSc1ccc(O[C@@H](C)C(=O)N[C@@H](C)c2ccccn2)cc1. The third kappa shape index (κ3) is 4.49. The number of carbonyl (C=O) groups excluding carboxylic acids is 1. The molecule has 1 heterocycles. The average Bonchev–Trinajstić information content (AvgIpc) is 2.56. The van der Waals surface area contributed by atoms with Gasteiger partial charge in [-0.1, -0.05) is 6.07 Å². The van der Waals surface area contributed by atoms with Crippen LogP contribution >= 0.6 is 11.8 Å². The van der Waals surface area contributed by atoms with Crippen LogP contribution in [0.1, 0.15) is 25.6 Å². The first-order valence-corrected chi connectivity index (χ1v) is 8.34. The Balaban J connectivity index is 1.91. The second-order valence-corrected chi connectivity index (χ2v) is 5.80. The zero-order valence-corrected chi connectivity index (χ0v) is 13.8. The van der Waals surface area contributed by atoms with Gasteiger partial charge in [0.1, 0.15) is 5.75 Å². The zero-order valence-electron chi connectivity index (χ0n) is 12.9. The molecule has 4 nitrogen and oxygen atoms in total. The molecule has 1 aromatic carbocycles. The summed E-state index contributed by atoms with van der Waals surface area (Å²) in [6, 6.07) is 13.2. The summed E-state index contributed by atoms with van der Waals surface area (Å²) in [5.41, 5.74) is 0.826. The number of thioether (sulfide) groups is 1. The van der Waals surface area contributed by atoms with E-state index in [0.29, 0.717) is 5.75 Å². The number of ether oxygens (including phenoxy) is 1. The molecule has 0 radical (unpaired) electrons. The number of amides is 1. The lowest BCUT2D eigenvalue weighted by Crippen LogP contribution is -2.38.